The number of hydrogen-bond acceptors (Lipinski definition) is 3. The quantitative estimate of drug-likeness (QED) is 0.166. The second-order valence-electron chi connectivity index (χ2n) is 16.8. The minimum Gasteiger partial charge on any atom is -0.455 e. The number of anilines is 6. The first-order chi connectivity index (χ1) is 31.8. The standard InChI is InChI=1S/C61H40N2O/c1-3-20-44(21-4-1)62(45-22-5-2-6-23-45)46-32-34-47(35-33-46)63(58-29-15-19-41-16-7-10-24-49(41)58)48-36-37-53-52-27-13-14-28-54(52)61(57(53)40-48)55-38-30-42-17-8-11-25-50(42)59(55)64-60-51-26-12-9-18-43(51)31-39-56(60)61/h1-40H. The topological polar surface area (TPSA) is 15.7 Å². The van der Waals surface area contributed by atoms with Crippen molar-refractivity contribution in [2.75, 3.05) is 9.80 Å². The zero-order valence-corrected chi connectivity index (χ0v) is 34.9. The molecule has 13 rings (SSSR count). The van der Waals surface area contributed by atoms with Crippen molar-refractivity contribution < 1.29 is 4.74 Å². The van der Waals surface area contributed by atoms with Gasteiger partial charge in [-0.2, -0.15) is 0 Å². The maximum absolute atomic E-state index is 7.27. The highest BCUT2D eigenvalue weighted by Crippen LogP contribution is 2.64. The molecule has 1 heterocycles. The predicted molar refractivity (Wildman–Crippen MR) is 266 cm³/mol. The van der Waals surface area contributed by atoms with Gasteiger partial charge < -0.3 is 14.5 Å². The SMILES string of the molecule is c1ccc(N(c2ccccc2)c2ccc(N(c3ccc4c(c3)C3(c5ccccc5-4)c4ccc5ccccc5c4Oc4c3ccc3ccccc43)c3cccc4ccccc34)cc2)cc1. The number of para-hydroxylation sites is 2. The lowest BCUT2D eigenvalue weighted by molar-refractivity contribution is 0.447. The van der Waals surface area contributed by atoms with Gasteiger partial charge in [-0.3, -0.25) is 0 Å². The van der Waals surface area contributed by atoms with Gasteiger partial charge in [-0.15, -0.1) is 0 Å². The van der Waals surface area contributed by atoms with Crippen molar-refractivity contribution in [2.24, 2.45) is 0 Å². The highest BCUT2D eigenvalue weighted by Gasteiger charge is 2.52. The van der Waals surface area contributed by atoms with Gasteiger partial charge in [-0.05, 0) is 105 Å². The summed E-state index contributed by atoms with van der Waals surface area (Å²) in [5, 5.41) is 6.91. The lowest BCUT2D eigenvalue weighted by Gasteiger charge is -2.40. The van der Waals surface area contributed by atoms with E-state index >= 15 is 0 Å². The van der Waals surface area contributed by atoms with E-state index < -0.39 is 5.41 Å². The molecule has 0 saturated carbocycles. The molecule has 300 valence electrons. The molecule has 0 atom stereocenters. The number of nitrogens with zero attached hydrogens (tertiary/aromatic N) is 2. The van der Waals surface area contributed by atoms with Gasteiger partial charge in [0.15, 0.2) is 0 Å². The van der Waals surface area contributed by atoms with Crippen molar-refractivity contribution in [3.8, 4) is 22.6 Å². The molecular weight excluding hydrogens is 777 g/mol. The van der Waals surface area contributed by atoms with Crippen molar-refractivity contribution in [3.05, 3.63) is 265 Å². The largest absolute Gasteiger partial charge is 0.455 e. The summed E-state index contributed by atoms with van der Waals surface area (Å²) in [7, 11) is 0. The Balaban J connectivity index is 1.07. The van der Waals surface area contributed by atoms with Gasteiger partial charge in [0.1, 0.15) is 11.5 Å². The Bertz CT molecular complexity index is 3470. The molecule has 0 fully saturated rings. The average Bonchev–Trinajstić information content (AvgIpc) is 3.65. The van der Waals surface area contributed by atoms with E-state index in [4.69, 9.17) is 4.74 Å². The van der Waals surface area contributed by atoms with E-state index in [9.17, 15) is 0 Å². The van der Waals surface area contributed by atoms with E-state index in [0.29, 0.717) is 0 Å². The van der Waals surface area contributed by atoms with E-state index in [1.165, 1.54) is 33.0 Å². The van der Waals surface area contributed by atoms with Crippen molar-refractivity contribution >= 4 is 66.4 Å². The molecule has 0 radical (unpaired) electrons. The molecule has 1 spiro atoms. The van der Waals surface area contributed by atoms with Crippen LogP contribution < -0.4 is 14.5 Å². The molecule has 1 aliphatic heterocycles. The fourth-order valence-corrected chi connectivity index (χ4v) is 10.7. The van der Waals surface area contributed by atoms with Crippen LogP contribution in [0.1, 0.15) is 22.3 Å². The highest BCUT2D eigenvalue weighted by atomic mass is 16.5. The van der Waals surface area contributed by atoms with Crippen LogP contribution in [-0.4, -0.2) is 0 Å². The molecule has 0 amide bonds. The average molecular weight is 817 g/mol. The second kappa shape index (κ2) is 14.3. The molecule has 0 N–H and O–H groups in total. The first kappa shape index (κ1) is 36.3. The van der Waals surface area contributed by atoms with Crippen LogP contribution in [0.5, 0.6) is 11.5 Å². The van der Waals surface area contributed by atoms with Crippen LogP contribution in [0.3, 0.4) is 0 Å². The smallest absolute Gasteiger partial charge is 0.140 e. The minimum absolute atomic E-state index is 0.668. The first-order valence-electron chi connectivity index (χ1n) is 22.0. The van der Waals surface area contributed by atoms with Crippen LogP contribution in [0, 0.1) is 0 Å². The maximum Gasteiger partial charge on any atom is 0.140 e. The molecule has 0 aromatic heterocycles. The summed E-state index contributed by atoms with van der Waals surface area (Å²) in [6.45, 7) is 0. The third-order valence-electron chi connectivity index (χ3n) is 13.5. The van der Waals surface area contributed by atoms with Crippen molar-refractivity contribution in [1.82, 2.24) is 0 Å². The summed E-state index contributed by atoms with van der Waals surface area (Å²) in [5.74, 6) is 1.83. The lowest BCUT2D eigenvalue weighted by Crippen LogP contribution is -2.32. The summed E-state index contributed by atoms with van der Waals surface area (Å²) in [6.07, 6.45) is 0. The fraction of sp³-hybridized carbons (Fsp3) is 0.0164. The summed E-state index contributed by atoms with van der Waals surface area (Å²) in [5.41, 5.74) is 13.2. The Kier molecular flexibility index (Phi) is 8.13. The summed E-state index contributed by atoms with van der Waals surface area (Å²) < 4.78 is 7.27. The molecule has 3 heteroatoms. The van der Waals surface area contributed by atoms with Gasteiger partial charge in [0.05, 0.1) is 11.1 Å². The van der Waals surface area contributed by atoms with E-state index in [1.54, 1.807) is 0 Å². The van der Waals surface area contributed by atoms with Crippen LogP contribution in [0.2, 0.25) is 0 Å². The Morgan fingerprint density at radius 1 is 0.281 bits per heavy atom. The van der Waals surface area contributed by atoms with Gasteiger partial charge in [-0.1, -0.05) is 176 Å². The van der Waals surface area contributed by atoms with Gasteiger partial charge >= 0.3 is 0 Å². The minimum atomic E-state index is -0.668. The number of benzene rings is 11. The zero-order chi connectivity index (χ0) is 42.2. The number of fused-ring (bicyclic) bond motifs is 14. The van der Waals surface area contributed by atoms with Gasteiger partial charge in [0.2, 0.25) is 0 Å². The van der Waals surface area contributed by atoms with Gasteiger partial charge in [-0.25, -0.2) is 0 Å². The molecule has 3 nitrogen and oxygen atoms in total. The van der Waals surface area contributed by atoms with Crippen molar-refractivity contribution in [2.45, 2.75) is 5.41 Å². The lowest BCUT2D eigenvalue weighted by atomic mass is 9.65. The third kappa shape index (κ3) is 5.34. The van der Waals surface area contributed by atoms with Gasteiger partial charge in [0, 0.05) is 55.7 Å². The number of ether oxygens (including phenoxy) is 1. The monoisotopic (exact) mass is 816 g/mol. The summed E-state index contributed by atoms with van der Waals surface area (Å²) in [6, 6.07) is 88.2. The van der Waals surface area contributed by atoms with Crippen LogP contribution in [0.25, 0.3) is 43.4 Å². The predicted octanol–water partition coefficient (Wildman–Crippen LogP) is 16.6. The maximum atomic E-state index is 7.27. The summed E-state index contributed by atoms with van der Waals surface area (Å²) >= 11 is 0. The zero-order valence-electron chi connectivity index (χ0n) is 34.9. The molecule has 0 unspecified atom stereocenters. The Labute approximate surface area is 372 Å². The fourth-order valence-electron chi connectivity index (χ4n) is 10.7. The Morgan fingerprint density at radius 2 is 0.734 bits per heavy atom. The highest BCUT2D eigenvalue weighted by molar-refractivity contribution is 6.02. The van der Waals surface area contributed by atoms with E-state index in [2.05, 4.69) is 252 Å². The number of rotatable bonds is 6. The van der Waals surface area contributed by atoms with Crippen molar-refractivity contribution in [3.63, 3.8) is 0 Å². The molecule has 11 aromatic rings. The molecule has 1 aliphatic carbocycles. The molecule has 64 heavy (non-hydrogen) atoms. The van der Waals surface area contributed by atoms with Crippen LogP contribution in [0.4, 0.5) is 34.1 Å². The molecular formula is C61H40N2O. The second-order valence-corrected chi connectivity index (χ2v) is 16.8. The molecule has 0 saturated heterocycles. The van der Waals surface area contributed by atoms with Crippen LogP contribution >= 0.6 is 0 Å². The summed E-state index contributed by atoms with van der Waals surface area (Å²) in [4.78, 5) is 4.76. The molecule has 11 aromatic carbocycles. The third-order valence-corrected chi connectivity index (χ3v) is 13.5. The Morgan fingerprint density at radius 3 is 1.36 bits per heavy atom. The Hall–Kier alpha value is -8.40. The van der Waals surface area contributed by atoms with E-state index in [0.717, 1.165) is 78.3 Å². The molecule has 2 aliphatic rings. The van der Waals surface area contributed by atoms with Crippen LogP contribution in [0.15, 0.2) is 243 Å². The van der Waals surface area contributed by atoms with E-state index in [1.807, 2.05) is 0 Å². The van der Waals surface area contributed by atoms with Crippen molar-refractivity contribution in [1.29, 1.82) is 0 Å². The first-order valence-corrected chi connectivity index (χ1v) is 22.0. The van der Waals surface area contributed by atoms with Crippen LogP contribution in [-0.2, 0) is 5.41 Å². The number of hydrogen-bond donors (Lipinski definition) is 0. The normalized spacial score (nSPS) is 12.9. The van der Waals surface area contributed by atoms with E-state index in [-0.39, 0.29) is 0 Å². The molecule has 0 bridgehead atoms. The van der Waals surface area contributed by atoms with Gasteiger partial charge in [0.25, 0.3) is 0 Å².